The molecule has 14 heavy (non-hydrogen) atoms. The average Bonchev–Trinajstić information content (AvgIpc) is 2.12. The molecule has 1 aliphatic rings. The number of anilines is 1. The lowest BCUT2D eigenvalue weighted by molar-refractivity contribution is 0.445. The molecule has 1 nitrogen and oxygen atoms in total. The Morgan fingerprint density at radius 1 is 1.43 bits per heavy atom. The summed E-state index contributed by atoms with van der Waals surface area (Å²) in [5.41, 5.74) is 0.907. The minimum Gasteiger partial charge on any atom is -0.382 e. The Morgan fingerprint density at radius 2 is 2.21 bits per heavy atom. The highest BCUT2D eigenvalue weighted by atomic mass is 32.2. The quantitative estimate of drug-likeness (QED) is 0.768. The Labute approximate surface area is 88.1 Å². The van der Waals surface area contributed by atoms with E-state index in [-0.39, 0.29) is 5.82 Å². The molecule has 0 atom stereocenters. The predicted octanol–water partition coefficient (Wildman–Crippen LogP) is 3.51. The van der Waals surface area contributed by atoms with E-state index in [1.54, 1.807) is 6.07 Å². The Balaban J connectivity index is 2.07. The van der Waals surface area contributed by atoms with Crippen LogP contribution < -0.4 is 5.32 Å². The highest BCUT2D eigenvalue weighted by molar-refractivity contribution is 7.98. The molecule has 0 aromatic heterocycles. The fraction of sp³-hybridized carbons (Fsp3) is 0.455. The van der Waals surface area contributed by atoms with E-state index in [9.17, 15) is 4.39 Å². The summed E-state index contributed by atoms with van der Waals surface area (Å²) < 4.78 is 13.4. The number of nitrogens with one attached hydrogen (secondary N) is 1. The van der Waals surface area contributed by atoms with Crippen LogP contribution in [0.15, 0.2) is 23.1 Å². The first kappa shape index (κ1) is 9.84. The number of hydrogen-bond donors (Lipinski definition) is 1. The van der Waals surface area contributed by atoms with Crippen molar-refractivity contribution in [2.45, 2.75) is 30.2 Å². The van der Waals surface area contributed by atoms with E-state index in [4.69, 9.17) is 0 Å². The van der Waals surface area contributed by atoms with Crippen molar-refractivity contribution >= 4 is 17.4 Å². The van der Waals surface area contributed by atoms with Gasteiger partial charge >= 0.3 is 0 Å². The van der Waals surface area contributed by atoms with Gasteiger partial charge in [0, 0.05) is 16.6 Å². The SMILES string of the molecule is CSc1ccc(NC2CCC2)cc1F. The van der Waals surface area contributed by atoms with Gasteiger partial charge in [0.25, 0.3) is 0 Å². The van der Waals surface area contributed by atoms with Gasteiger partial charge in [-0.15, -0.1) is 11.8 Å². The predicted molar refractivity (Wildman–Crippen MR) is 59.4 cm³/mol. The van der Waals surface area contributed by atoms with Crippen LogP contribution in [0.3, 0.4) is 0 Å². The first-order chi connectivity index (χ1) is 6.79. The zero-order chi connectivity index (χ0) is 9.97. The summed E-state index contributed by atoms with van der Waals surface area (Å²) in [5, 5.41) is 3.32. The third-order valence-corrected chi connectivity index (χ3v) is 3.40. The van der Waals surface area contributed by atoms with Gasteiger partial charge in [-0.25, -0.2) is 4.39 Å². The second-order valence-electron chi connectivity index (χ2n) is 3.62. The van der Waals surface area contributed by atoms with E-state index in [1.165, 1.54) is 31.0 Å². The maximum Gasteiger partial charge on any atom is 0.138 e. The molecule has 0 unspecified atom stereocenters. The van der Waals surface area contributed by atoms with Crippen LogP contribution >= 0.6 is 11.8 Å². The van der Waals surface area contributed by atoms with Crippen LogP contribution in [0, 0.1) is 5.82 Å². The van der Waals surface area contributed by atoms with Crippen LogP contribution in [0.1, 0.15) is 19.3 Å². The van der Waals surface area contributed by atoms with Crippen molar-refractivity contribution in [3.8, 4) is 0 Å². The molecule has 76 valence electrons. The van der Waals surface area contributed by atoms with Gasteiger partial charge in [0.1, 0.15) is 5.82 Å². The Hall–Kier alpha value is -0.700. The number of hydrogen-bond acceptors (Lipinski definition) is 2. The summed E-state index contributed by atoms with van der Waals surface area (Å²) in [6.07, 6.45) is 5.61. The van der Waals surface area contributed by atoms with E-state index in [0.29, 0.717) is 10.9 Å². The van der Waals surface area contributed by atoms with Gasteiger partial charge in [0.05, 0.1) is 0 Å². The topological polar surface area (TPSA) is 12.0 Å². The summed E-state index contributed by atoms with van der Waals surface area (Å²) in [6, 6.07) is 5.94. The van der Waals surface area contributed by atoms with E-state index < -0.39 is 0 Å². The molecule has 1 saturated carbocycles. The molecule has 1 aromatic carbocycles. The van der Waals surface area contributed by atoms with Crippen LogP contribution in [-0.2, 0) is 0 Å². The second-order valence-corrected chi connectivity index (χ2v) is 4.47. The van der Waals surface area contributed by atoms with Gasteiger partial charge < -0.3 is 5.32 Å². The van der Waals surface area contributed by atoms with E-state index in [2.05, 4.69) is 5.32 Å². The monoisotopic (exact) mass is 211 g/mol. The van der Waals surface area contributed by atoms with Crippen molar-refractivity contribution in [2.75, 3.05) is 11.6 Å². The molecule has 0 saturated heterocycles. The van der Waals surface area contributed by atoms with Crippen molar-refractivity contribution in [1.82, 2.24) is 0 Å². The van der Waals surface area contributed by atoms with Crippen molar-refractivity contribution in [2.24, 2.45) is 0 Å². The number of benzene rings is 1. The molecule has 1 aromatic rings. The fourth-order valence-electron chi connectivity index (χ4n) is 1.54. The van der Waals surface area contributed by atoms with Gasteiger partial charge in [-0.1, -0.05) is 0 Å². The second kappa shape index (κ2) is 4.22. The lowest BCUT2D eigenvalue weighted by Gasteiger charge is -2.27. The molecular formula is C11H14FNS. The summed E-state index contributed by atoms with van der Waals surface area (Å²) in [6.45, 7) is 0. The Bertz CT molecular complexity index is 323. The van der Waals surface area contributed by atoms with Crippen LogP contribution in [-0.4, -0.2) is 12.3 Å². The smallest absolute Gasteiger partial charge is 0.138 e. The molecule has 0 heterocycles. The van der Waals surface area contributed by atoms with E-state index >= 15 is 0 Å². The Kier molecular flexibility index (Phi) is 2.96. The van der Waals surface area contributed by atoms with Crippen molar-refractivity contribution in [3.63, 3.8) is 0 Å². The average molecular weight is 211 g/mol. The minimum absolute atomic E-state index is 0.123. The fourth-order valence-corrected chi connectivity index (χ4v) is 2.00. The van der Waals surface area contributed by atoms with Crippen molar-refractivity contribution in [1.29, 1.82) is 0 Å². The third kappa shape index (κ3) is 2.03. The van der Waals surface area contributed by atoms with Crippen LogP contribution in [0.5, 0.6) is 0 Å². The third-order valence-electron chi connectivity index (χ3n) is 2.63. The van der Waals surface area contributed by atoms with Crippen LogP contribution in [0.25, 0.3) is 0 Å². The maximum atomic E-state index is 13.4. The number of rotatable bonds is 3. The summed E-state index contributed by atoms with van der Waals surface area (Å²) in [4.78, 5) is 0.712. The molecule has 0 amide bonds. The standard InChI is InChI=1S/C11H14FNS/c1-14-11-6-5-9(7-10(11)12)13-8-3-2-4-8/h5-8,13H,2-4H2,1H3. The molecule has 0 radical (unpaired) electrons. The van der Waals surface area contributed by atoms with E-state index in [1.807, 2.05) is 18.4 Å². The van der Waals surface area contributed by atoms with Gasteiger partial charge in [-0.3, -0.25) is 0 Å². The first-order valence-corrected chi connectivity index (χ1v) is 6.12. The van der Waals surface area contributed by atoms with Gasteiger partial charge in [0.15, 0.2) is 0 Å². The van der Waals surface area contributed by atoms with Gasteiger partial charge in [0.2, 0.25) is 0 Å². The number of halogens is 1. The zero-order valence-electron chi connectivity index (χ0n) is 8.22. The lowest BCUT2D eigenvalue weighted by Crippen LogP contribution is -2.26. The largest absolute Gasteiger partial charge is 0.382 e. The Morgan fingerprint density at radius 3 is 2.71 bits per heavy atom. The molecule has 3 heteroatoms. The molecule has 2 rings (SSSR count). The molecule has 1 N–H and O–H groups in total. The summed E-state index contributed by atoms with van der Waals surface area (Å²) in [5.74, 6) is -0.123. The summed E-state index contributed by atoms with van der Waals surface area (Å²) in [7, 11) is 0. The van der Waals surface area contributed by atoms with Gasteiger partial charge in [-0.05, 0) is 43.7 Å². The van der Waals surface area contributed by atoms with Gasteiger partial charge in [-0.2, -0.15) is 0 Å². The summed E-state index contributed by atoms with van der Waals surface area (Å²) >= 11 is 1.44. The van der Waals surface area contributed by atoms with Crippen molar-refractivity contribution in [3.05, 3.63) is 24.0 Å². The highest BCUT2D eigenvalue weighted by Gasteiger charge is 2.16. The molecule has 0 spiro atoms. The van der Waals surface area contributed by atoms with Crippen LogP contribution in [0.2, 0.25) is 0 Å². The van der Waals surface area contributed by atoms with E-state index in [0.717, 1.165) is 5.69 Å². The molecule has 0 bridgehead atoms. The lowest BCUT2D eigenvalue weighted by atomic mass is 9.93. The highest BCUT2D eigenvalue weighted by Crippen LogP contribution is 2.26. The maximum absolute atomic E-state index is 13.4. The first-order valence-electron chi connectivity index (χ1n) is 4.89. The zero-order valence-corrected chi connectivity index (χ0v) is 9.03. The molecule has 1 aliphatic carbocycles. The minimum atomic E-state index is -0.123. The normalized spacial score (nSPS) is 16.4. The number of thioether (sulfide) groups is 1. The molecule has 1 fully saturated rings. The molecule has 0 aliphatic heterocycles. The molecular weight excluding hydrogens is 197 g/mol. The van der Waals surface area contributed by atoms with Crippen molar-refractivity contribution < 1.29 is 4.39 Å². The van der Waals surface area contributed by atoms with Crippen LogP contribution in [0.4, 0.5) is 10.1 Å².